The average Bonchev–Trinajstić information content (AvgIpc) is 2.37. The van der Waals surface area contributed by atoms with E-state index in [1.165, 1.54) is 5.56 Å². The highest BCUT2D eigenvalue weighted by atomic mass is 127. The van der Waals surface area contributed by atoms with Crippen LogP contribution in [0.4, 0.5) is 0 Å². The first-order valence-corrected chi connectivity index (χ1v) is 8.73. The Morgan fingerprint density at radius 3 is 2.43 bits per heavy atom. The maximum Gasteiger partial charge on any atom is 0.104 e. The van der Waals surface area contributed by atoms with Gasteiger partial charge in [-0.3, -0.25) is 4.84 Å². The molecule has 1 aliphatic rings. The predicted octanol–water partition coefficient (Wildman–Crippen LogP) is 4.46. The molecule has 0 bridgehead atoms. The van der Waals surface area contributed by atoms with E-state index in [4.69, 9.17) is 4.84 Å². The summed E-state index contributed by atoms with van der Waals surface area (Å²) >= 11 is 2.40. The molecule has 1 aromatic carbocycles. The van der Waals surface area contributed by atoms with Crippen LogP contribution in [0.25, 0.3) is 0 Å². The van der Waals surface area contributed by atoms with Crippen molar-refractivity contribution in [2.75, 3.05) is 0 Å². The quantitative estimate of drug-likeness (QED) is 0.458. The molecule has 0 spiro atoms. The number of aliphatic hydroxyl groups is 1. The van der Waals surface area contributed by atoms with Gasteiger partial charge >= 0.3 is 0 Å². The van der Waals surface area contributed by atoms with Crippen molar-refractivity contribution in [1.29, 1.82) is 0 Å². The van der Waals surface area contributed by atoms with Crippen LogP contribution in [0.3, 0.4) is 0 Å². The summed E-state index contributed by atoms with van der Waals surface area (Å²) < 4.78 is -0.207. The van der Waals surface area contributed by atoms with Crippen molar-refractivity contribution in [3.8, 4) is 0 Å². The molecule has 1 aliphatic heterocycles. The molecule has 1 fully saturated rings. The van der Waals surface area contributed by atoms with Crippen molar-refractivity contribution in [1.82, 2.24) is 5.06 Å². The molecular formula is C17H26INO2. The zero-order chi connectivity index (χ0) is 15.7. The first-order valence-electron chi connectivity index (χ1n) is 7.65. The Hall–Kier alpha value is -0.170. The van der Waals surface area contributed by atoms with Gasteiger partial charge < -0.3 is 5.11 Å². The van der Waals surface area contributed by atoms with Crippen LogP contribution in [-0.2, 0) is 4.84 Å². The van der Waals surface area contributed by atoms with Gasteiger partial charge in [-0.1, -0.05) is 59.8 Å². The van der Waals surface area contributed by atoms with Gasteiger partial charge in [-0.15, -0.1) is 0 Å². The number of aliphatic hydroxyl groups excluding tert-OH is 1. The second-order valence-electron chi connectivity index (χ2n) is 6.72. The minimum atomic E-state index is -0.265. The van der Waals surface area contributed by atoms with Crippen molar-refractivity contribution in [3.63, 3.8) is 0 Å². The average molecular weight is 403 g/mol. The van der Waals surface area contributed by atoms with Gasteiger partial charge in [0, 0.05) is 12.0 Å². The van der Waals surface area contributed by atoms with Gasteiger partial charge in [0.2, 0.25) is 0 Å². The van der Waals surface area contributed by atoms with Crippen LogP contribution < -0.4 is 0 Å². The van der Waals surface area contributed by atoms with Gasteiger partial charge in [0.1, 0.15) is 6.10 Å². The molecule has 1 aromatic rings. The number of hydrogen-bond donors (Lipinski definition) is 1. The van der Waals surface area contributed by atoms with Crippen LogP contribution in [0, 0.1) is 0 Å². The number of piperidine rings is 1. The van der Waals surface area contributed by atoms with E-state index in [0.717, 1.165) is 19.3 Å². The lowest BCUT2D eigenvalue weighted by Crippen LogP contribution is -2.60. The Balaban J connectivity index is 2.22. The summed E-state index contributed by atoms with van der Waals surface area (Å²) in [5.74, 6) is 0. The van der Waals surface area contributed by atoms with Crippen LogP contribution in [0.5, 0.6) is 0 Å². The molecule has 21 heavy (non-hydrogen) atoms. The monoisotopic (exact) mass is 403 g/mol. The summed E-state index contributed by atoms with van der Waals surface area (Å²) in [5, 5.41) is 12.2. The van der Waals surface area contributed by atoms with E-state index in [1.54, 1.807) is 0 Å². The Morgan fingerprint density at radius 2 is 1.90 bits per heavy atom. The fourth-order valence-electron chi connectivity index (χ4n) is 3.29. The Morgan fingerprint density at radius 1 is 1.29 bits per heavy atom. The smallest absolute Gasteiger partial charge is 0.104 e. The van der Waals surface area contributed by atoms with E-state index in [0.29, 0.717) is 0 Å². The molecule has 0 saturated carbocycles. The van der Waals surface area contributed by atoms with E-state index in [1.807, 2.05) is 6.07 Å². The van der Waals surface area contributed by atoms with Gasteiger partial charge in [-0.2, -0.15) is 5.06 Å². The number of rotatable bonds is 4. The molecule has 0 aromatic heterocycles. The van der Waals surface area contributed by atoms with E-state index >= 15 is 0 Å². The normalized spacial score (nSPS) is 31.0. The summed E-state index contributed by atoms with van der Waals surface area (Å²) in [7, 11) is 0. The van der Waals surface area contributed by atoms with Crippen LogP contribution >= 0.6 is 22.6 Å². The lowest BCUT2D eigenvalue weighted by Gasteiger charge is -2.52. The lowest BCUT2D eigenvalue weighted by atomic mass is 9.87. The van der Waals surface area contributed by atoms with E-state index in [2.05, 4.69) is 79.6 Å². The number of benzene rings is 1. The fraction of sp³-hybridized carbons (Fsp3) is 0.647. The van der Waals surface area contributed by atoms with Crippen LogP contribution in [-0.4, -0.2) is 25.4 Å². The number of halogens is 1. The number of alkyl halides is 1. The molecule has 1 N–H and O–H groups in total. The number of hydroxylamine groups is 2. The Bertz CT molecular complexity index is 443. The Labute approximate surface area is 141 Å². The number of hydrogen-bond acceptors (Lipinski definition) is 3. The third-order valence-corrected chi connectivity index (χ3v) is 4.97. The molecule has 1 heterocycles. The summed E-state index contributed by atoms with van der Waals surface area (Å²) in [6.07, 6.45) is 2.17. The maximum absolute atomic E-state index is 10.1. The second kappa shape index (κ2) is 6.52. The van der Waals surface area contributed by atoms with Gasteiger partial charge in [0.15, 0.2) is 0 Å². The molecule has 3 unspecified atom stereocenters. The highest BCUT2D eigenvalue weighted by Gasteiger charge is 2.48. The molecule has 1 saturated heterocycles. The molecule has 0 radical (unpaired) electrons. The zero-order valence-electron chi connectivity index (χ0n) is 13.3. The fourth-order valence-corrected chi connectivity index (χ4v) is 4.57. The van der Waals surface area contributed by atoms with E-state index < -0.39 is 0 Å². The molecule has 118 valence electrons. The zero-order valence-corrected chi connectivity index (χ0v) is 15.5. The molecule has 3 atom stereocenters. The first-order chi connectivity index (χ1) is 9.76. The third kappa shape index (κ3) is 3.97. The minimum Gasteiger partial charge on any atom is -0.393 e. The topological polar surface area (TPSA) is 32.7 Å². The minimum absolute atomic E-state index is 0.0507. The summed E-state index contributed by atoms with van der Waals surface area (Å²) in [6.45, 7) is 8.57. The molecular weight excluding hydrogens is 377 g/mol. The summed E-state index contributed by atoms with van der Waals surface area (Å²) in [4.78, 5) is 6.42. The van der Waals surface area contributed by atoms with E-state index in [9.17, 15) is 5.11 Å². The van der Waals surface area contributed by atoms with Gasteiger partial charge in [-0.25, -0.2) is 0 Å². The third-order valence-electron chi connectivity index (χ3n) is 4.09. The second-order valence-corrected chi connectivity index (χ2v) is 9.05. The molecule has 0 aliphatic carbocycles. The van der Waals surface area contributed by atoms with Crippen LogP contribution in [0.2, 0.25) is 0 Å². The highest BCUT2D eigenvalue weighted by molar-refractivity contribution is 14.1. The van der Waals surface area contributed by atoms with Crippen molar-refractivity contribution in [3.05, 3.63) is 35.9 Å². The molecule has 2 rings (SSSR count). The first kappa shape index (κ1) is 17.2. The van der Waals surface area contributed by atoms with E-state index in [-0.39, 0.29) is 21.3 Å². The van der Waals surface area contributed by atoms with Crippen LogP contribution in [0.1, 0.15) is 58.6 Å². The highest BCUT2D eigenvalue weighted by Crippen LogP contribution is 2.44. The van der Waals surface area contributed by atoms with Gasteiger partial charge in [0.05, 0.1) is 9.65 Å². The SMILES string of the molecule is CCC(ON1C(C)(C)CC(O)CC1(C)I)c1ccccc1. The summed E-state index contributed by atoms with van der Waals surface area (Å²) in [6, 6.07) is 10.4. The molecule has 0 amide bonds. The molecule has 3 nitrogen and oxygen atoms in total. The van der Waals surface area contributed by atoms with Crippen molar-refractivity contribution in [2.24, 2.45) is 0 Å². The summed E-state index contributed by atoms with van der Waals surface area (Å²) in [5.41, 5.74) is 1.02. The van der Waals surface area contributed by atoms with Crippen molar-refractivity contribution >= 4 is 22.6 Å². The Kier molecular flexibility index (Phi) is 5.34. The van der Waals surface area contributed by atoms with Crippen molar-refractivity contribution in [2.45, 2.75) is 68.2 Å². The largest absolute Gasteiger partial charge is 0.393 e. The maximum atomic E-state index is 10.1. The number of nitrogens with zero attached hydrogens (tertiary/aromatic N) is 1. The van der Waals surface area contributed by atoms with Crippen LogP contribution in [0.15, 0.2) is 30.3 Å². The van der Waals surface area contributed by atoms with Crippen molar-refractivity contribution < 1.29 is 9.94 Å². The lowest BCUT2D eigenvalue weighted by molar-refractivity contribution is -0.294. The van der Waals surface area contributed by atoms with Gasteiger partial charge in [-0.05, 0) is 39.2 Å². The van der Waals surface area contributed by atoms with Gasteiger partial charge in [0.25, 0.3) is 0 Å². The standard InChI is InChI=1S/C17H26INO2/c1-5-15(13-9-7-6-8-10-13)21-19-16(2,3)11-14(20)12-17(19,4)18/h6-10,14-15,20H,5,11-12H2,1-4H3. The molecule has 4 heteroatoms. The predicted molar refractivity (Wildman–Crippen MR) is 94.1 cm³/mol.